The number of hydrogen-bond acceptors (Lipinski definition) is 3. The molecule has 0 unspecified atom stereocenters. The third-order valence-corrected chi connectivity index (χ3v) is 4.25. The maximum atomic E-state index is 13.4. The summed E-state index contributed by atoms with van der Waals surface area (Å²) in [7, 11) is 0. The van der Waals surface area contributed by atoms with Gasteiger partial charge in [0.2, 0.25) is 0 Å². The van der Waals surface area contributed by atoms with Crippen LogP contribution in [0.3, 0.4) is 0 Å². The van der Waals surface area contributed by atoms with Gasteiger partial charge in [-0.3, -0.25) is 4.98 Å². The summed E-state index contributed by atoms with van der Waals surface area (Å²) < 4.78 is 18.8. The predicted molar refractivity (Wildman–Crippen MR) is 94.9 cm³/mol. The van der Waals surface area contributed by atoms with E-state index >= 15 is 0 Å². The van der Waals surface area contributed by atoms with Crippen LogP contribution in [0.1, 0.15) is 6.92 Å². The summed E-state index contributed by atoms with van der Waals surface area (Å²) in [6.07, 6.45) is 0.583. The molecule has 0 bridgehead atoms. The van der Waals surface area contributed by atoms with Crippen molar-refractivity contribution in [1.82, 2.24) is 4.98 Å². The lowest BCUT2D eigenvalue weighted by Gasteiger charge is -2.13. The number of nitrogens with zero attached hydrogens (tertiary/aromatic N) is 1. The number of halogens is 3. The van der Waals surface area contributed by atoms with Gasteiger partial charge in [0.25, 0.3) is 0 Å². The molecule has 3 aromatic rings. The Morgan fingerprint density at radius 3 is 2.52 bits per heavy atom. The van der Waals surface area contributed by atoms with E-state index in [0.29, 0.717) is 22.4 Å². The highest BCUT2D eigenvalue weighted by molar-refractivity contribution is 6.39. The summed E-state index contributed by atoms with van der Waals surface area (Å²) >= 11 is 12.3. The van der Waals surface area contributed by atoms with Gasteiger partial charge in [0, 0.05) is 23.2 Å². The standard InChI is InChI=1S/C18H12Cl2FNO3/c1-9(18(23)24)25-11-2-3-12-13(4-5-22-16(12)8-11)17-14(19)6-10(21)7-15(17)20/h2-9H,1H3,(H,23,24)/t9-/m1/s1. The van der Waals surface area contributed by atoms with Crippen LogP contribution in [0.4, 0.5) is 4.39 Å². The van der Waals surface area contributed by atoms with Crippen LogP contribution in [-0.2, 0) is 4.79 Å². The Balaban J connectivity index is 2.11. The van der Waals surface area contributed by atoms with E-state index in [-0.39, 0.29) is 10.0 Å². The zero-order chi connectivity index (χ0) is 18.1. The SMILES string of the molecule is C[C@@H](Oc1ccc2c(-c3c(Cl)cc(F)cc3Cl)ccnc2c1)C(=O)O. The van der Waals surface area contributed by atoms with Crippen molar-refractivity contribution in [3.63, 3.8) is 0 Å². The molecule has 1 heterocycles. The molecule has 2 aromatic carbocycles. The molecule has 0 spiro atoms. The summed E-state index contributed by atoms with van der Waals surface area (Å²) in [5, 5.41) is 10.0. The minimum Gasteiger partial charge on any atom is -0.479 e. The van der Waals surface area contributed by atoms with Crippen LogP contribution in [0.25, 0.3) is 22.0 Å². The molecular formula is C18H12Cl2FNO3. The van der Waals surface area contributed by atoms with Gasteiger partial charge in [0.1, 0.15) is 11.6 Å². The summed E-state index contributed by atoms with van der Waals surface area (Å²) in [6, 6.07) is 9.12. The molecule has 0 fully saturated rings. The highest BCUT2D eigenvalue weighted by atomic mass is 35.5. The normalized spacial score (nSPS) is 12.2. The van der Waals surface area contributed by atoms with Crippen molar-refractivity contribution in [1.29, 1.82) is 0 Å². The third-order valence-electron chi connectivity index (χ3n) is 3.65. The molecule has 0 aliphatic rings. The fraction of sp³-hybridized carbons (Fsp3) is 0.111. The van der Waals surface area contributed by atoms with E-state index in [1.807, 2.05) is 0 Å². The molecule has 3 rings (SSSR count). The van der Waals surface area contributed by atoms with E-state index in [1.54, 1.807) is 30.5 Å². The highest BCUT2D eigenvalue weighted by Gasteiger charge is 2.16. The van der Waals surface area contributed by atoms with Crippen molar-refractivity contribution in [2.75, 3.05) is 0 Å². The van der Waals surface area contributed by atoms with Gasteiger partial charge < -0.3 is 9.84 Å². The number of carbonyl (C=O) groups is 1. The van der Waals surface area contributed by atoms with E-state index < -0.39 is 17.9 Å². The molecule has 128 valence electrons. The van der Waals surface area contributed by atoms with Crippen LogP contribution >= 0.6 is 23.2 Å². The predicted octanol–water partition coefficient (Wildman–Crippen LogP) is 5.20. The van der Waals surface area contributed by atoms with Gasteiger partial charge in [-0.05, 0) is 42.8 Å². The minimum atomic E-state index is -1.06. The molecule has 0 saturated heterocycles. The number of carboxylic acids is 1. The molecule has 7 heteroatoms. The molecule has 0 saturated carbocycles. The van der Waals surface area contributed by atoms with Gasteiger partial charge in [-0.15, -0.1) is 0 Å². The van der Waals surface area contributed by atoms with Crippen molar-refractivity contribution in [3.8, 4) is 16.9 Å². The molecule has 1 N–H and O–H groups in total. The maximum Gasteiger partial charge on any atom is 0.344 e. The van der Waals surface area contributed by atoms with Crippen LogP contribution in [0, 0.1) is 5.82 Å². The lowest BCUT2D eigenvalue weighted by Crippen LogP contribution is -2.22. The number of rotatable bonds is 4. The number of ether oxygens (including phenoxy) is 1. The van der Waals surface area contributed by atoms with Gasteiger partial charge in [0.05, 0.1) is 15.6 Å². The smallest absolute Gasteiger partial charge is 0.344 e. The summed E-state index contributed by atoms with van der Waals surface area (Å²) in [5.41, 5.74) is 1.77. The minimum absolute atomic E-state index is 0.192. The molecule has 0 aliphatic heterocycles. The van der Waals surface area contributed by atoms with Crippen molar-refractivity contribution in [2.45, 2.75) is 13.0 Å². The van der Waals surface area contributed by atoms with Crippen molar-refractivity contribution in [2.24, 2.45) is 0 Å². The van der Waals surface area contributed by atoms with Gasteiger partial charge in [-0.1, -0.05) is 23.2 Å². The average Bonchev–Trinajstić information content (AvgIpc) is 2.53. The molecular weight excluding hydrogens is 368 g/mol. The van der Waals surface area contributed by atoms with E-state index in [9.17, 15) is 9.18 Å². The molecule has 0 aliphatic carbocycles. The van der Waals surface area contributed by atoms with E-state index in [0.717, 1.165) is 5.39 Å². The first-order valence-electron chi connectivity index (χ1n) is 7.30. The fourth-order valence-electron chi connectivity index (χ4n) is 2.47. The fourth-order valence-corrected chi connectivity index (χ4v) is 3.14. The Morgan fingerprint density at radius 2 is 1.88 bits per heavy atom. The topological polar surface area (TPSA) is 59.4 Å². The molecule has 1 aromatic heterocycles. The van der Waals surface area contributed by atoms with E-state index in [1.165, 1.54) is 19.1 Å². The Kier molecular flexibility index (Phi) is 4.79. The number of aromatic nitrogens is 1. The number of hydrogen-bond donors (Lipinski definition) is 1. The van der Waals surface area contributed by atoms with Crippen LogP contribution < -0.4 is 4.74 Å². The van der Waals surface area contributed by atoms with Gasteiger partial charge >= 0.3 is 5.97 Å². The second kappa shape index (κ2) is 6.86. The Labute approximate surface area is 152 Å². The first-order valence-corrected chi connectivity index (χ1v) is 8.05. The Hall–Kier alpha value is -2.37. The van der Waals surface area contributed by atoms with Crippen molar-refractivity contribution < 1.29 is 19.0 Å². The van der Waals surface area contributed by atoms with Crippen LogP contribution in [0.2, 0.25) is 10.0 Å². The lowest BCUT2D eigenvalue weighted by molar-refractivity contribution is -0.144. The summed E-state index contributed by atoms with van der Waals surface area (Å²) in [6.45, 7) is 1.44. The molecule has 25 heavy (non-hydrogen) atoms. The quantitative estimate of drug-likeness (QED) is 0.676. The van der Waals surface area contributed by atoms with Crippen molar-refractivity contribution >= 4 is 40.1 Å². The first kappa shape index (κ1) is 17.5. The van der Waals surface area contributed by atoms with Gasteiger partial charge in [0.15, 0.2) is 6.10 Å². The zero-order valence-electron chi connectivity index (χ0n) is 13.0. The summed E-state index contributed by atoms with van der Waals surface area (Å²) in [5.74, 6) is -1.20. The second-order valence-corrected chi connectivity index (χ2v) is 6.19. The van der Waals surface area contributed by atoms with E-state index in [4.69, 9.17) is 33.0 Å². The van der Waals surface area contributed by atoms with Crippen LogP contribution in [0.15, 0.2) is 42.6 Å². The maximum absolute atomic E-state index is 13.4. The Morgan fingerprint density at radius 1 is 1.20 bits per heavy atom. The highest BCUT2D eigenvalue weighted by Crippen LogP contribution is 2.39. The van der Waals surface area contributed by atoms with E-state index in [2.05, 4.69) is 4.98 Å². The molecule has 1 atom stereocenters. The van der Waals surface area contributed by atoms with Gasteiger partial charge in [-0.2, -0.15) is 0 Å². The third kappa shape index (κ3) is 3.52. The largest absolute Gasteiger partial charge is 0.479 e. The number of carboxylic acid groups (broad SMARTS) is 1. The van der Waals surface area contributed by atoms with Gasteiger partial charge in [-0.25, -0.2) is 9.18 Å². The van der Waals surface area contributed by atoms with Crippen LogP contribution in [0.5, 0.6) is 5.75 Å². The summed E-state index contributed by atoms with van der Waals surface area (Å²) in [4.78, 5) is 15.2. The number of benzene rings is 2. The number of pyridine rings is 1. The zero-order valence-corrected chi connectivity index (χ0v) is 14.5. The first-order chi connectivity index (χ1) is 11.9. The molecule has 0 amide bonds. The Bertz CT molecular complexity index is 955. The molecule has 0 radical (unpaired) electrons. The second-order valence-electron chi connectivity index (χ2n) is 5.38. The number of aliphatic carboxylic acids is 1. The van der Waals surface area contributed by atoms with Crippen molar-refractivity contribution in [3.05, 3.63) is 58.5 Å². The monoisotopic (exact) mass is 379 g/mol. The average molecular weight is 380 g/mol. The number of fused-ring (bicyclic) bond motifs is 1. The molecule has 4 nitrogen and oxygen atoms in total. The van der Waals surface area contributed by atoms with Crippen LogP contribution in [-0.4, -0.2) is 22.2 Å². The lowest BCUT2D eigenvalue weighted by atomic mass is 10.0.